The molecular weight excluding hydrogens is 426 g/mol. The van der Waals surface area contributed by atoms with E-state index in [-0.39, 0.29) is 34.5 Å². The van der Waals surface area contributed by atoms with Crippen molar-refractivity contribution in [1.29, 1.82) is 0 Å². The molecular formula is C25H28F2N4O2. The second-order valence-corrected chi connectivity index (χ2v) is 9.40. The summed E-state index contributed by atoms with van der Waals surface area (Å²) in [4.78, 5) is 24.8. The van der Waals surface area contributed by atoms with Crippen LogP contribution in [-0.4, -0.2) is 52.1 Å². The summed E-state index contributed by atoms with van der Waals surface area (Å²) in [6.07, 6.45) is 4.56. The molecule has 2 aromatic heterocycles. The zero-order valence-electron chi connectivity index (χ0n) is 19.1. The molecule has 0 unspecified atom stereocenters. The Morgan fingerprint density at radius 2 is 1.97 bits per heavy atom. The molecule has 2 aliphatic heterocycles. The maximum Gasteiger partial charge on any atom is 0.261 e. The van der Waals surface area contributed by atoms with Crippen LogP contribution in [0, 0.1) is 31.4 Å². The van der Waals surface area contributed by atoms with Crippen LogP contribution in [0.3, 0.4) is 0 Å². The zero-order chi connectivity index (χ0) is 23.3. The van der Waals surface area contributed by atoms with Crippen LogP contribution in [0.1, 0.15) is 42.1 Å². The van der Waals surface area contributed by atoms with Gasteiger partial charge in [0.2, 0.25) is 0 Å². The van der Waals surface area contributed by atoms with Crippen molar-refractivity contribution >= 4 is 5.65 Å². The first-order chi connectivity index (χ1) is 15.8. The van der Waals surface area contributed by atoms with Crippen LogP contribution in [0.4, 0.5) is 8.78 Å². The maximum atomic E-state index is 14.8. The average molecular weight is 455 g/mol. The Morgan fingerprint density at radius 3 is 2.70 bits per heavy atom. The van der Waals surface area contributed by atoms with E-state index in [2.05, 4.69) is 16.9 Å². The third-order valence-corrected chi connectivity index (χ3v) is 7.17. The lowest BCUT2D eigenvalue weighted by Crippen LogP contribution is -2.33. The van der Waals surface area contributed by atoms with E-state index in [9.17, 15) is 13.6 Å². The molecule has 0 radical (unpaired) electrons. The molecule has 2 saturated heterocycles. The predicted molar refractivity (Wildman–Crippen MR) is 121 cm³/mol. The van der Waals surface area contributed by atoms with Gasteiger partial charge in [0.05, 0.1) is 11.8 Å². The Bertz CT molecular complexity index is 1280. The maximum absolute atomic E-state index is 14.8. The molecule has 33 heavy (non-hydrogen) atoms. The van der Waals surface area contributed by atoms with E-state index >= 15 is 0 Å². The zero-order valence-corrected chi connectivity index (χ0v) is 19.1. The third-order valence-electron chi connectivity index (χ3n) is 7.17. The lowest BCUT2D eigenvalue weighted by molar-refractivity contribution is -0.0265. The van der Waals surface area contributed by atoms with E-state index in [1.165, 1.54) is 16.5 Å². The average Bonchev–Trinajstić information content (AvgIpc) is 3.24. The van der Waals surface area contributed by atoms with Gasteiger partial charge in [-0.2, -0.15) is 0 Å². The van der Waals surface area contributed by atoms with Gasteiger partial charge in [0.15, 0.2) is 5.65 Å². The SMILES string of the molecule is Cc1nc2c(-c3ccc(F)cc3F)nc([C@H]3CCO[C@@H]([C@H]4CCN(C)C4)C3)cn2c(=O)c1C. The van der Waals surface area contributed by atoms with Crippen LogP contribution >= 0.6 is 0 Å². The van der Waals surface area contributed by atoms with E-state index < -0.39 is 11.6 Å². The summed E-state index contributed by atoms with van der Waals surface area (Å²) in [6.45, 7) is 6.18. The molecule has 3 atom stereocenters. The van der Waals surface area contributed by atoms with Crippen LogP contribution < -0.4 is 5.56 Å². The van der Waals surface area contributed by atoms with Crippen molar-refractivity contribution in [2.24, 2.45) is 5.92 Å². The normalized spacial score (nSPS) is 24.0. The highest BCUT2D eigenvalue weighted by Gasteiger charge is 2.34. The Kier molecular flexibility index (Phi) is 5.74. The monoisotopic (exact) mass is 454 g/mol. The molecule has 8 heteroatoms. The fourth-order valence-electron chi connectivity index (χ4n) is 5.11. The van der Waals surface area contributed by atoms with Crippen LogP contribution in [0.2, 0.25) is 0 Å². The first-order valence-electron chi connectivity index (χ1n) is 11.5. The summed E-state index contributed by atoms with van der Waals surface area (Å²) < 4.78 is 36.0. The third kappa shape index (κ3) is 4.06. The topological polar surface area (TPSA) is 59.7 Å². The number of fused-ring (bicyclic) bond motifs is 1. The number of nitrogens with zero attached hydrogens (tertiary/aromatic N) is 4. The second kappa shape index (κ2) is 8.57. The van der Waals surface area contributed by atoms with E-state index in [0.29, 0.717) is 29.5 Å². The van der Waals surface area contributed by atoms with Crippen LogP contribution in [0.15, 0.2) is 29.2 Å². The number of aryl methyl sites for hydroxylation is 1. The number of aromatic nitrogens is 3. The van der Waals surface area contributed by atoms with Crippen molar-refractivity contribution in [2.75, 3.05) is 26.7 Å². The Labute approximate surface area is 191 Å². The van der Waals surface area contributed by atoms with E-state index in [4.69, 9.17) is 9.72 Å². The second-order valence-electron chi connectivity index (χ2n) is 9.40. The summed E-state index contributed by atoms with van der Waals surface area (Å²) >= 11 is 0. The summed E-state index contributed by atoms with van der Waals surface area (Å²) in [5.74, 6) is -0.841. The number of hydrogen-bond acceptors (Lipinski definition) is 5. The number of benzene rings is 1. The molecule has 3 aromatic rings. The van der Waals surface area contributed by atoms with Crippen molar-refractivity contribution in [1.82, 2.24) is 19.3 Å². The van der Waals surface area contributed by atoms with Gasteiger partial charge in [-0.05, 0) is 64.8 Å². The lowest BCUT2D eigenvalue weighted by Gasteiger charge is -2.33. The molecule has 4 heterocycles. The highest BCUT2D eigenvalue weighted by molar-refractivity contribution is 5.74. The first-order valence-corrected chi connectivity index (χ1v) is 11.5. The van der Waals surface area contributed by atoms with E-state index in [1.807, 2.05) is 0 Å². The first kappa shape index (κ1) is 22.1. The van der Waals surface area contributed by atoms with Crippen LogP contribution in [0.5, 0.6) is 0 Å². The summed E-state index contributed by atoms with van der Waals surface area (Å²) in [6, 6.07) is 3.39. The number of rotatable bonds is 3. The molecule has 0 bridgehead atoms. The van der Waals surface area contributed by atoms with Crippen molar-refractivity contribution in [3.05, 3.63) is 63.3 Å². The van der Waals surface area contributed by atoms with Gasteiger partial charge in [0, 0.05) is 48.2 Å². The Morgan fingerprint density at radius 1 is 1.15 bits per heavy atom. The van der Waals surface area contributed by atoms with Crippen LogP contribution in [0.25, 0.3) is 16.9 Å². The van der Waals surface area contributed by atoms with Gasteiger partial charge in [-0.1, -0.05) is 0 Å². The van der Waals surface area contributed by atoms with E-state index in [0.717, 1.165) is 38.4 Å². The van der Waals surface area contributed by atoms with Crippen molar-refractivity contribution in [3.63, 3.8) is 0 Å². The number of hydrogen-bond donors (Lipinski definition) is 0. The molecule has 1 aromatic carbocycles. The molecule has 0 spiro atoms. The summed E-state index contributed by atoms with van der Waals surface area (Å²) in [7, 11) is 2.12. The molecule has 2 fully saturated rings. The molecule has 5 rings (SSSR count). The molecule has 2 aliphatic rings. The highest BCUT2D eigenvalue weighted by Crippen LogP contribution is 2.36. The molecule has 0 saturated carbocycles. The molecule has 0 amide bonds. The van der Waals surface area contributed by atoms with Gasteiger partial charge in [0.1, 0.15) is 17.3 Å². The Balaban J connectivity index is 1.63. The minimum absolute atomic E-state index is 0.0785. The van der Waals surface area contributed by atoms with Crippen molar-refractivity contribution in [3.8, 4) is 11.3 Å². The van der Waals surface area contributed by atoms with Gasteiger partial charge in [-0.15, -0.1) is 0 Å². The summed E-state index contributed by atoms with van der Waals surface area (Å²) in [5, 5.41) is 0. The van der Waals surface area contributed by atoms with Gasteiger partial charge >= 0.3 is 0 Å². The van der Waals surface area contributed by atoms with Gasteiger partial charge in [0.25, 0.3) is 5.56 Å². The van der Waals surface area contributed by atoms with Gasteiger partial charge in [-0.3, -0.25) is 9.20 Å². The quantitative estimate of drug-likeness (QED) is 0.602. The number of halogens is 2. The molecule has 0 N–H and O–H groups in total. The number of likely N-dealkylation sites (tertiary alicyclic amines) is 1. The smallest absolute Gasteiger partial charge is 0.261 e. The van der Waals surface area contributed by atoms with Crippen molar-refractivity contribution in [2.45, 2.75) is 45.1 Å². The lowest BCUT2D eigenvalue weighted by atomic mass is 9.86. The standard InChI is InChI=1S/C25H28F2N4O2/c1-14-15(2)28-24-23(19-5-4-18(26)11-20(19)27)29-21(13-31(24)25(14)32)16-7-9-33-22(10-16)17-6-8-30(3)12-17/h4-5,11,13,16-17,22H,6-10,12H2,1-3H3/t16-,17-,22+/m0/s1. The number of ether oxygens (including phenoxy) is 1. The predicted octanol–water partition coefficient (Wildman–Crippen LogP) is 3.87. The minimum atomic E-state index is -0.729. The molecule has 6 nitrogen and oxygen atoms in total. The fraction of sp³-hybridized carbons (Fsp3) is 0.480. The Hall–Kier alpha value is -2.71. The van der Waals surface area contributed by atoms with Gasteiger partial charge < -0.3 is 9.64 Å². The molecule has 0 aliphatic carbocycles. The van der Waals surface area contributed by atoms with Crippen molar-refractivity contribution < 1.29 is 13.5 Å². The highest BCUT2D eigenvalue weighted by atomic mass is 19.1. The van der Waals surface area contributed by atoms with E-state index in [1.54, 1.807) is 20.0 Å². The largest absolute Gasteiger partial charge is 0.378 e. The van der Waals surface area contributed by atoms with Gasteiger partial charge in [-0.25, -0.2) is 18.7 Å². The fourth-order valence-corrected chi connectivity index (χ4v) is 5.11. The molecule has 174 valence electrons. The van der Waals surface area contributed by atoms with Crippen LogP contribution in [-0.2, 0) is 4.74 Å². The minimum Gasteiger partial charge on any atom is -0.378 e. The summed E-state index contributed by atoms with van der Waals surface area (Å²) in [5.41, 5.74) is 2.28.